The summed E-state index contributed by atoms with van der Waals surface area (Å²) < 4.78 is 32.7. The Morgan fingerprint density at radius 3 is 2.30 bits per heavy atom. The van der Waals surface area contributed by atoms with Crippen molar-refractivity contribution in [2.24, 2.45) is 0 Å². The topological polar surface area (TPSA) is 75.7 Å². The predicted molar refractivity (Wildman–Crippen MR) is 119 cm³/mol. The van der Waals surface area contributed by atoms with Crippen LogP contribution in [0.25, 0.3) is 0 Å². The summed E-state index contributed by atoms with van der Waals surface area (Å²) in [5.41, 5.74) is 0.643. The number of methoxy groups -OCH3 is 1. The van der Waals surface area contributed by atoms with Gasteiger partial charge in [-0.1, -0.05) is 41.4 Å². The van der Waals surface area contributed by atoms with Gasteiger partial charge in [0.1, 0.15) is 12.3 Å². The Hall–Kier alpha value is -2.74. The summed E-state index contributed by atoms with van der Waals surface area (Å²) in [6, 6.07) is 18.9. The molecular formula is C21H18Cl2N2O4S. The zero-order chi connectivity index (χ0) is 21.7. The van der Waals surface area contributed by atoms with Crippen molar-refractivity contribution in [2.75, 3.05) is 23.3 Å². The number of halogens is 2. The Balaban J connectivity index is 1.93. The summed E-state index contributed by atoms with van der Waals surface area (Å²) >= 11 is 12.0. The summed E-state index contributed by atoms with van der Waals surface area (Å²) in [5.74, 6) is -0.0475. The van der Waals surface area contributed by atoms with Crippen molar-refractivity contribution in [1.82, 2.24) is 0 Å². The maximum absolute atomic E-state index is 13.3. The molecular weight excluding hydrogens is 447 g/mol. The van der Waals surface area contributed by atoms with E-state index in [9.17, 15) is 13.2 Å². The number of nitrogens with one attached hydrogen (secondary N) is 1. The van der Waals surface area contributed by atoms with Gasteiger partial charge in [-0.25, -0.2) is 8.42 Å². The van der Waals surface area contributed by atoms with Gasteiger partial charge in [0.2, 0.25) is 5.91 Å². The molecule has 0 heterocycles. The second-order valence-corrected chi connectivity index (χ2v) is 8.90. The van der Waals surface area contributed by atoms with Crippen molar-refractivity contribution in [3.8, 4) is 5.75 Å². The zero-order valence-corrected chi connectivity index (χ0v) is 18.2. The molecule has 3 rings (SSSR count). The van der Waals surface area contributed by atoms with Gasteiger partial charge in [0.05, 0.1) is 28.4 Å². The van der Waals surface area contributed by atoms with Crippen LogP contribution in [-0.4, -0.2) is 28.0 Å². The van der Waals surface area contributed by atoms with Crippen molar-refractivity contribution in [2.45, 2.75) is 4.90 Å². The van der Waals surface area contributed by atoms with Crippen LogP contribution < -0.4 is 14.4 Å². The number of anilines is 2. The number of sulfonamides is 1. The Morgan fingerprint density at radius 1 is 1.00 bits per heavy atom. The van der Waals surface area contributed by atoms with E-state index >= 15 is 0 Å². The van der Waals surface area contributed by atoms with Gasteiger partial charge in [-0.3, -0.25) is 9.10 Å². The first-order valence-corrected chi connectivity index (χ1v) is 11.0. The molecule has 0 aliphatic heterocycles. The predicted octanol–water partition coefficient (Wildman–Crippen LogP) is 4.84. The lowest BCUT2D eigenvalue weighted by molar-refractivity contribution is -0.114. The lowest BCUT2D eigenvalue weighted by Crippen LogP contribution is -2.38. The van der Waals surface area contributed by atoms with Gasteiger partial charge >= 0.3 is 0 Å². The van der Waals surface area contributed by atoms with Gasteiger partial charge in [0.15, 0.2) is 0 Å². The van der Waals surface area contributed by atoms with E-state index in [1.54, 1.807) is 54.6 Å². The van der Waals surface area contributed by atoms with Gasteiger partial charge in [0, 0.05) is 5.02 Å². The number of para-hydroxylation sites is 1. The number of carbonyl (C=O) groups is 1. The quantitative estimate of drug-likeness (QED) is 0.542. The molecule has 0 fully saturated rings. The molecule has 3 aromatic rings. The summed E-state index contributed by atoms with van der Waals surface area (Å²) in [6.45, 7) is -0.457. The zero-order valence-electron chi connectivity index (χ0n) is 15.9. The number of hydrogen-bond acceptors (Lipinski definition) is 4. The standard InChI is InChI=1S/C21H18Cl2N2O4S/c1-29-17-8-10-18(11-9-17)30(27,28)25(16-5-3-2-4-6-16)14-21(26)24-20-13-15(22)7-12-19(20)23/h2-13H,14H2,1H3,(H,24,26). The Labute approximate surface area is 185 Å². The van der Waals surface area contributed by atoms with Crippen molar-refractivity contribution in [1.29, 1.82) is 0 Å². The van der Waals surface area contributed by atoms with Crippen LogP contribution in [0.1, 0.15) is 0 Å². The normalized spacial score (nSPS) is 11.0. The van der Waals surface area contributed by atoms with Gasteiger partial charge in [-0.15, -0.1) is 0 Å². The van der Waals surface area contributed by atoms with Gasteiger partial charge < -0.3 is 10.1 Å². The smallest absolute Gasteiger partial charge is 0.264 e. The molecule has 30 heavy (non-hydrogen) atoms. The molecule has 0 saturated carbocycles. The third-order valence-corrected chi connectivity index (χ3v) is 6.53. The highest BCUT2D eigenvalue weighted by molar-refractivity contribution is 7.92. The molecule has 6 nitrogen and oxygen atoms in total. The van der Waals surface area contributed by atoms with Crippen LogP contribution in [0.4, 0.5) is 11.4 Å². The molecule has 0 atom stereocenters. The SMILES string of the molecule is COc1ccc(S(=O)(=O)N(CC(=O)Nc2cc(Cl)ccc2Cl)c2ccccc2)cc1. The van der Waals surface area contributed by atoms with Gasteiger partial charge in [-0.2, -0.15) is 0 Å². The Bertz CT molecular complexity index is 1140. The molecule has 3 aromatic carbocycles. The lowest BCUT2D eigenvalue weighted by Gasteiger charge is -2.24. The molecule has 1 N–H and O–H groups in total. The molecule has 9 heteroatoms. The summed E-state index contributed by atoms with van der Waals surface area (Å²) in [4.78, 5) is 12.7. The first-order valence-electron chi connectivity index (χ1n) is 8.78. The average molecular weight is 465 g/mol. The van der Waals surface area contributed by atoms with E-state index in [-0.39, 0.29) is 9.92 Å². The second-order valence-electron chi connectivity index (χ2n) is 6.20. The van der Waals surface area contributed by atoms with Crippen LogP contribution in [0.2, 0.25) is 10.0 Å². The van der Waals surface area contributed by atoms with Crippen molar-refractivity contribution < 1.29 is 17.9 Å². The highest BCUT2D eigenvalue weighted by Gasteiger charge is 2.27. The van der Waals surface area contributed by atoms with E-state index in [0.717, 1.165) is 4.31 Å². The monoisotopic (exact) mass is 464 g/mol. The first kappa shape index (κ1) is 22.0. The van der Waals surface area contributed by atoms with E-state index in [2.05, 4.69) is 5.32 Å². The number of ether oxygens (including phenoxy) is 1. The maximum Gasteiger partial charge on any atom is 0.264 e. The fourth-order valence-electron chi connectivity index (χ4n) is 2.70. The van der Waals surface area contributed by atoms with Crippen molar-refractivity contribution >= 4 is 50.5 Å². The van der Waals surface area contributed by atoms with Crippen molar-refractivity contribution in [3.05, 3.63) is 82.8 Å². The van der Waals surface area contributed by atoms with Crippen LogP contribution in [0.15, 0.2) is 77.7 Å². The summed E-state index contributed by atoms with van der Waals surface area (Å²) in [5, 5.41) is 3.29. The minimum absolute atomic E-state index is 0.0285. The Morgan fingerprint density at radius 2 is 1.67 bits per heavy atom. The van der Waals surface area contributed by atoms with Gasteiger partial charge in [0.25, 0.3) is 10.0 Å². The number of amides is 1. The number of carbonyl (C=O) groups excluding carboxylic acids is 1. The van der Waals surface area contributed by atoms with E-state index in [0.29, 0.717) is 22.1 Å². The van der Waals surface area contributed by atoms with Crippen LogP contribution in [0, 0.1) is 0 Å². The highest BCUT2D eigenvalue weighted by atomic mass is 35.5. The number of hydrogen-bond donors (Lipinski definition) is 1. The molecule has 0 unspecified atom stereocenters. The maximum atomic E-state index is 13.3. The largest absolute Gasteiger partial charge is 0.497 e. The van der Waals surface area contributed by atoms with Crippen LogP contribution >= 0.6 is 23.2 Å². The summed E-state index contributed by atoms with van der Waals surface area (Å²) in [6.07, 6.45) is 0. The van der Waals surface area contributed by atoms with Crippen LogP contribution in [0.5, 0.6) is 5.75 Å². The summed E-state index contributed by atoms with van der Waals surface area (Å²) in [7, 11) is -2.54. The molecule has 1 amide bonds. The fourth-order valence-corrected chi connectivity index (χ4v) is 4.46. The minimum Gasteiger partial charge on any atom is -0.497 e. The lowest BCUT2D eigenvalue weighted by atomic mass is 10.3. The van der Waals surface area contributed by atoms with E-state index in [1.165, 1.54) is 25.3 Å². The minimum atomic E-state index is -4.03. The molecule has 0 saturated heterocycles. The van der Waals surface area contributed by atoms with E-state index in [1.807, 2.05) is 0 Å². The fraction of sp³-hybridized carbons (Fsp3) is 0.0952. The van der Waals surface area contributed by atoms with E-state index in [4.69, 9.17) is 27.9 Å². The van der Waals surface area contributed by atoms with Crippen LogP contribution in [-0.2, 0) is 14.8 Å². The van der Waals surface area contributed by atoms with Gasteiger partial charge in [-0.05, 0) is 54.6 Å². The third-order valence-electron chi connectivity index (χ3n) is 4.18. The Kier molecular flexibility index (Phi) is 6.87. The molecule has 0 aliphatic rings. The third kappa shape index (κ3) is 5.05. The number of nitrogens with zero attached hydrogens (tertiary/aromatic N) is 1. The second kappa shape index (κ2) is 9.38. The van der Waals surface area contributed by atoms with E-state index < -0.39 is 22.5 Å². The van der Waals surface area contributed by atoms with Crippen LogP contribution in [0.3, 0.4) is 0 Å². The molecule has 0 bridgehead atoms. The van der Waals surface area contributed by atoms with Crippen molar-refractivity contribution in [3.63, 3.8) is 0 Å². The molecule has 156 valence electrons. The molecule has 0 aromatic heterocycles. The molecule has 0 spiro atoms. The molecule has 0 aliphatic carbocycles. The first-order chi connectivity index (χ1) is 14.3. The highest BCUT2D eigenvalue weighted by Crippen LogP contribution is 2.27. The average Bonchev–Trinajstić information content (AvgIpc) is 2.75. The number of benzene rings is 3. The molecule has 0 radical (unpaired) electrons. The number of rotatable bonds is 7.